The molecule has 0 aromatic carbocycles. The smallest absolute Gasteiger partial charge is 0.306 e. The molecule has 6 heteroatoms. The van der Waals surface area contributed by atoms with Crippen LogP contribution in [0.2, 0.25) is 0 Å². The summed E-state index contributed by atoms with van der Waals surface area (Å²) >= 11 is 0. The van der Waals surface area contributed by atoms with Crippen molar-refractivity contribution < 1.29 is 28.6 Å². The highest BCUT2D eigenvalue weighted by Crippen LogP contribution is 2.15. The number of allylic oxidation sites excluding steroid dienone is 24. The van der Waals surface area contributed by atoms with E-state index in [1.54, 1.807) is 0 Å². The van der Waals surface area contributed by atoms with Crippen LogP contribution in [0.4, 0.5) is 0 Å². The molecule has 0 heterocycles. The Morgan fingerprint density at radius 2 is 0.481 bits per heavy atom. The molecular weight excluding hydrogens is 997 g/mol. The van der Waals surface area contributed by atoms with Crippen molar-refractivity contribution in [1.82, 2.24) is 0 Å². The zero-order chi connectivity index (χ0) is 58.5. The number of esters is 3. The number of carbonyl (C=O) groups excluding carboxylic acids is 3. The van der Waals surface area contributed by atoms with E-state index in [1.165, 1.54) is 96.3 Å². The van der Waals surface area contributed by atoms with Crippen LogP contribution in [0.25, 0.3) is 0 Å². The van der Waals surface area contributed by atoms with Gasteiger partial charge in [-0.3, -0.25) is 14.4 Å². The summed E-state index contributed by atoms with van der Waals surface area (Å²) in [6, 6.07) is 0. The van der Waals surface area contributed by atoms with Crippen molar-refractivity contribution in [2.24, 2.45) is 0 Å². The molecule has 0 aliphatic heterocycles. The van der Waals surface area contributed by atoms with E-state index in [4.69, 9.17) is 14.2 Å². The summed E-state index contributed by atoms with van der Waals surface area (Å²) in [6.45, 7) is 6.37. The average Bonchev–Trinajstić information content (AvgIpc) is 3.47. The molecule has 0 bridgehead atoms. The first-order valence-corrected chi connectivity index (χ1v) is 33.3. The molecule has 6 nitrogen and oxygen atoms in total. The Morgan fingerprint density at radius 3 is 0.765 bits per heavy atom. The topological polar surface area (TPSA) is 78.9 Å². The van der Waals surface area contributed by atoms with Gasteiger partial charge in [0, 0.05) is 19.3 Å². The zero-order valence-electron chi connectivity index (χ0n) is 52.5. The lowest BCUT2D eigenvalue weighted by Gasteiger charge is -2.18. The molecule has 0 spiro atoms. The molecule has 0 rings (SSSR count). The van der Waals surface area contributed by atoms with Crippen molar-refractivity contribution in [2.45, 2.75) is 297 Å². The van der Waals surface area contributed by atoms with Crippen LogP contribution >= 0.6 is 0 Å². The maximum absolute atomic E-state index is 12.9. The van der Waals surface area contributed by atoms with Crippen LogP contribution in [0, 0.1) is 0 Å². The van der Waals surface area contributed by atoms with Gasteiger partial charge in [0.2, 0.25) is 0 Å². The van der Waals surface area contributed by atoms with E-state index in [1.807, 2.05) is 0 Å². The SMILES string of the molecule is CC/C=C\C/C=C\C/C=C\C/C=C\C/C=C\CCCCCCCC(=O)OC(COC(=O)CCCCC/C=C\C/C=C\C/C=C\C/C=C\C/C=C\CC)COC(=O)CCCCCCCCCCCCC/C=C\C/C=C\CCCCCCC. The van der Waals surface area contributed by atoms with Crippen molar-refractivity contribution in [1.29, 1.82) is 0 Å². The molecule has 0 aliphatic rings. The third kappa shape index (κ3) is 66.0. The summed E-state index contributed by atoms with van der Waals surface area (Å²) in [5.74, 6) is -0.954. The Morgan fingerprint density at radius 1 is 0.259 bits per heavy atom. The first-order valence-electron chi connectivity index (χ1n) is 33.3. The fourth-order valence-corrected chi connectivity index (χ4v) is 8.88. The highest BCUT2D eigenvalue weighted by molar-refractivity contribution is 5.71. The maximum Gasteiger partial charge on any atom is 0.306 e. The van der Waals surface area contributed by atoms with Gasteiger partial charge >= 0.3 is 17.9 Å². The van der Waals surface area contributed by atoms with Gasteiger partial charge in [-0.2, -0.15) is 0 Å². The van der Waals surface area contributed by atoms with Crippen LogP contribution in [0.3, 0.4) is 0 Å². The molecule has 0 aromatic heterocycles. The molecule has 0 aromatic rings. The number of hydrogen-bond donors (Lipinski definition) is 0. The average molecular weight is 1120 g/mol. The summed E-state index contributed by atoms with van der Waals surface area (Å²) < 4.78 is 16.9. The molecule has 0 aliphatic carbocycles. The molecular formula is C75H122O6. The molecule has 0 fully saturated rings. The predicted molar refractivity (Wildman–Crippen MR) is 352 cm³/mol. The van der Waals surface area contributed by atoms with Gasteiger partial charge in [-0.1, -0.05) is 276 Å². The van der Waals surface area contributed by atoms with Gasteiger partial charge in [-0.25, -0.2) is 0 Å². The van der Waals surface area contributed by atoms with E-state index in [0.29, 0.717) is 19.3 Å². The van der Waals surface area contributed by atoms with E-state index in [9.17, 15) is 14.4 Å². The zero-order valence-corrected chi connectivity index (χ0v) is 52.5. The Hall–Kier alpha value is -4.71. The summed E-state index contributed by atoms with van der Waals surface area (Å²) in [4.78, 5) is 38.4. The molecule has 1 unspecified atom stereocenters. The van der Waals surface area contributed by atoms with E-state index in [-0.39, 0.29) is 31.1 Å². The Kier molecular flexibility index (Phi) is 63.9. The van der Waals surface area contributed by atoms with Crippen molar-refractivity contribution in [3.05, 3.63) is 146 Å². The summed E-state index contributed by atoms with van der Waals surface area (Å²) in [6.07, 6.45) is 97.1. The van der Waals surface area contributed by atoms with Crippen molar-refractivity contribution in [3.63, 3.8) is 0 Å². The normalized spacial score (nSPS) is 13.1. The van der Waals surface area contributed by atoms with E-state index in [2.05, 4.69) is 167 Å². The highest BCUT2D eigenvalue weighted by Gasteiger charge is 2.19. The highest BCUT2D eigenvalue weighted by atomic mass is 16.6. The number of carbonyl (C=O) groups is 3. The first kappa shape index (κ1) is 76.3. The summed E-state index contributed by atoms with van der Waals surface area (Å²) in [5.41, 5.74) is 0. The standard InChI is InChI=1S/C75H122O6/c1-4-7-10-13-16-19-22-25-28-31-34-36-37-39-41-44-47-50-53-56-59-62-65-68-74(77)80-71-72(70-79-73(76)67-64-61-58-55-52-49-46-43-40-33-30-27-24-21-18-15-12-9-6-3)81-75(78)69-66-63-60-57-54-51-48-45-42-38-35-32-29-26-23-20-17-14-11-8-5-2/h8-9,11-12,17-18,20-22,25-27,29-31,34-35,38,40,43,45,48-49,52,72H,4-7,10,13-16,19,23-24,28,32-33,36-37,39,41-42,44,46-47,50-51,53-71H2,1-3H3/b11-8-,12-9-,20-17-,21-18-,25-22-,29-26-,30-27-,34-31-,38-35-,43-40-,48-45-,52-49-. The largest absolute Gasteiger partial charge is 0.462 e. The van der Waals surface area contributed by atoms with Crippen molar-refractivity contribution in [2.75, 3.05) is 13.2 Å². The van der Waals surface area contributed by atoms with Crippen molar-refractivity contribution >= 4 is 17.9 Å². The van der Waals surface area contributed by atoms with E-state index in [0.717, 1.165) is 154 Å². The second-order valence-electron chi connectivity index (χ2n) is 21.6. The van der Waals surface area contributed by atoms with Gasteiger partial charge < -0.3 is 14.2 Å². The van der Waals surface area contributed by atoms with Crippen LogP contribution in [-0.4, -0.2) is 37.2 Å². The van der Waals surface area contributed by atoms with Crippen molar-refractivity contribution in [3.8, 4) is 0 Å². The molecule has 0 saturated carbocycles. The van der Waals surface area contributed by atoms with Crippen LogP contribution in [0.5, 0.6) is 0 Å². The minimum atomic E-state index is -0.812. The number of ether oxygens (including phenoxy) is 3. The molecule has 1 atom stereocenters. The summed E-state index contributed by atoms with van der Waals surface area (Å²) in [5, 5.41) is 0. The Balaban J connectivity index is 4.49. The lowest BCUT2D eigenvalue weighted by Crippen LogP contribution is -2.30. The molecule has 0 saturated heterocycles. The van der Waals surface area contributed by atoms with Gasteiger partial charge in [0.05, 0.1) is 0 Å². The first-order chi connectivity index (χ1) is 40.0. The molecule has 0 amide bonds. The lowest BCUT2D eigenvalue weighted by molar-refractivity contribution is -0.167. The molecule has 0 radical (unpaired) electrons. The number of unbranched alkanes of at least 4 members (excludes halogenated alkanes) is 24. The summed E-state index contributed by atoms with van der Waals surface area (Å²) in [7, 11) is 0. The molecule has 458 valence electrons. The van der Waals surface area contributed by atoms with Crippen LogP contribution in [0.15, 0.2) is 146 Å². The van der Waals surface area contributed by atoms with Gasteiger partial charge in [-0.05, 0) is 141 Å². The third-order valence-corrected chi connectivity index (χ3v) is 13.8. The van der Waals surface area contributed by atoms with E-state index >= 15 is 0 Å². The van der Waals surface area contributed by atoms with Gasteiger partial charge in [0.1, 0.15) is 13.2 Å². The van der Waals surface area contributed by atoms with E-state index < -0.39 is 6.10 Å². The third-order valence-electron chi connectivity index (χ3n) is 13.8. The van der Waals surface area contributed by atoms with Gasteiger partial charge in [-0.15, -0.1) is 0 Å². The second-order valence-corrected chi connectivity index (χ2v) is 21.6. The fourth-order valence-electron chi connectivity index (χ4n) is 8.88. The minimum Gasteiger partial charge on any atom is -0.462 e. The van der Waals surface area contributed by atoms with Gasteiger partial charge in [0.25, 0.3) is 0 Å². The fraction of sp³-hybridized carbons (Fsp3) is 0.640. The number of rotatable bonds is 59. The molecule has 0 N–H and O–H groups in total. The van der Waals surface area contributed by atoms with Crippen LogP contribution in [0.1, 0.15) is 290 Å². The monoisotopic (exact) mass is 1120 g/mol. The quantitative estimate of drug-likeness (QED) is 0.0261. The minimum absolute atomic E-state index is 0.103. The Labute approximate surface area is 499 Å². The maximum atomic E-state index is 12.9. The van der Waals surface area contributed by atoms with Crippen LogP contribution < -0.4 is 0 Å². The van der Waals surface area contributed by atoms with Crippen LogP contribution in [-0.2, 0) is 28.6 Å². The van der Waals surface area contributed by atoms with Gasteiger partial charge in [0.15, 0.2) is 6.10 Å². The Bertz CT molecular complexity index is 1760. The molecule has 81 heavy (non-hydrogen) atoms. The lowest BCUT2D eigenvalue weighted by atomic mass is 10.0. The second kappa shape index (κ2) is 67.8. The predicted octanol–water partition coefficient (Wildman–Crippen LogP) is 23.1. The number of hydrogen-bond acceptors (Lipinski definition) is 6.